The number of hydrogen-bond acceptors (Lipinski definition) is 3. The maximum Gasteiger partial charge on any atom is 0.332 e. The summed E-state index contributed by atoms with van der Waals surface area (Å²) >= 11 is 0. The van der Waals surface area contributed by atoms with E-state index < -0.39 is 12.1 Å². The fourth-order valence-electron chi connectivity index (χ4n) is 1.21. The molecule has 0 aliphatic heterocycles. The van der Waals surface area contributed by atoms with Crippen LogP contribution < -0.4 is 0 Å². The zero-order valence-corrected chi connectivity index (χ0v) is 8.09. The van der Waals surface area contributed by atoms with E-state index in [1.807, 2.05) is 12.3 Å². The second-order valence-electron chi connectivity index (χ2n) is 2.97. The van der Waals surface area contributed by atoms with Gasteiger partial charge in [-0.3, -0.25) is 4.68 Å². The second-order valence-corrected chi connectivity index (χ2v) is 2.97. The molecule has 1 atom stereocenters. The third-order valence-electron chi connectivity index (χ3n) is 1.97. The number of aromatic nitrogens is 2. The molecule has 5 heteroatoms. The lowest BCUT2D eigenvalue weighted by atomic mass is 10.2. The van der Waals surface area contributed by atoms with Gasteiger partial charge in [-0.2, -0.15) is 5.10 Å². The van der Waals surface area contributed by atoms with Crippen LogP contribution >= 0.6 is 0 Å². The third-order valence-corrected chi connectivity index (χ3v) is 1.97. The minimum Gasteiger partial charge on any atom is -0.479 e. The van der Waals surface area contributed by atoms with E-state index in [1.165, 1.54) is 7.11 Å². The van der Waals surface area contributed by atoms with Crippen LogP contribution in [-0.4, -0.2) is 34.1 Å². The van der Waals surface area contributed by atoms with E-state index in [1.54, 1.807) is 10.9 Å². The molecule has 14 heavy (non-hydrogen) atoms. The number of hydrogen-bond donors (Lipinski definition) is 1. The molecule has 0 amide bonds. The molecule has 0 aromatic carbocycles. The number of rotatable bonds is 6. The van der Waals surface area contributed by atoms with Gasteiger partial charge in [0, 0.05) is 26.0 Å². The molecule has 5 nitrogen and oxygen atoms in total. The van der Waals surface area contributed by atoms with Crippen LogP contribution in [0.15, 0.2) is 18.5 Å². The predicted molar refractivity (Wildman–Crippen MR) is 49.9 cm³/mol. The molecule has 1 heterocycles. The summed E-state index contributed by atoms with van der Waals surface area (Å²) in [4.78, 5) is 10.6. The Kier molecular flexibility index (Phi) is 4.12. The van der Waals surface area contributed by atoms with Crippen LogP contribution in [0.5, 0.6) is 0 Å². The quantitative estimate of drug-likeness (QED) is 0.733. The van der Waals surface area contributed by atoms with Crippen LogP contribution in [-0.2, 0) is 16.1 Å². The highest BCUT2D eigenvalue weighted by molar-refractivity contribution is 5.72. The van der Waals surface area contributed by atoms with Gasteiger partial charge in [-0.05, 0) is 18.9 Å². The number of carboxylic acids is 1. The number of carbonyl (C=O) groups is 1. The monoisotopic (exact) mass is 198 g/mol. The number of nitrogens with zero attached hydrogens (tertiary/aromatic N) is 2. The van der Waals surface area contributed by atoms with E-state index in [9.17, 15) is 4.79 Å². The van der Waals surface area contributed by atoms with Gasteiger partial charge >= 0.3 is 5.97 Å². The molecule has 1 N–H and O–H groups in total. The molecule has 1 rings (SSSR count). The summed E-state index contributed by atoms with van der Waals surface area (Å²) < 4.78 is 6.57. The summed E-state index contributed by atoms with van der Waals surface area (Å²) in [5.74, 6) is -0.909. The Morgan fingerprint density at radius 1 is 1.71 bits per heavy atom. The van der Waals surface area contributed by atoms with Crippen molar-refractivity contribution in [2.24, 2.45) is 0 Å². The fraction of sp³-hybridized carbons (Fsp3) is 0.556. The van der Waals surface area contributed by atoms with Crippen molar-refractivity contribution >= 4 is 5.97 Å². The van der Waals surface area contributed by atoms with E-state index >= 15 is 0 Å². The highest BCUT2D eigenvalue weighted by Crippen LogP contribution is 2.03. The van der Waals surface area contributed by atoms with E-state index in [0.717, 1.165) is 13.0 Å². The Bertz CT molecular complexity index is 272. The number of ether oxygens (including phenoxy) is 1. The molecule has 0 saturated carbocycles. The van der Waals surface area contributed by atoms with Gasteiger partial charge in [0.1, 0.15) is 0 Å². The van der Waals surface area contributed by atoms with Crippen molar-refractivity contribution in [2.75, 3.05) is 7.11 Å². The molecule has 1 aromatic heterocycles. The third kappa shape index (κ3) is 3.18. The lowest BCUT2D eigenvalue weighted by Gasteiger charge is -2.09. The molecule has 0 aliphatic rings. The van der Waals surface area contributed by atoms with Crippen LogP contribution in [0.2, 0.25) is 0 Å². The molecule has 0 radical (unpaired) electrons. The first kappa shape index (κ1) is 10.7. The van der Waals surface area contributed by atoms with Crippen LogP contribution in [0.25, 0.3) is 0 Å². The maximum atomic E-state index is 10.6. The molecule has 0 spiro atoms. The number of methoxy groups -OCH3 is 1. The van der Waals surface area contributed by atoms with Crippen molar-refractivity contribution < 1.29 is 14.6 Å². The second kappa shape index (κ2) is 5.39. The average Bonchev–Trinajstić information content (AvgIpc) is 2.64. The minimum absolute atomic E-state index is 0.506. The first-order valence-electron chi connectivity index (χ1n) is 4.47. The van der Waals surface area contributed by atoms with Gasteiger partial charge in [0.2, 0.25) is 0 Å². The molecule has 0 fully saturated rings. The maximum absolute atomic E-state index is 10.6. The summed E-state index contributed by atoms with van der Waals surface area (Å²) in [5.41, 5.74) is 0. The van der Waals surface area contributed by atoms with Gasteiger partial charge in [0.15, 0.2) is 6.10 Å². The number of aliphatic carboxylic acids is 1. The summed E-state index contributed by atoms with van der Waals surface area (Å²) in [7, 11) is 1.41. The topological polar surface area (TPSA) is 64.4 Å². The van der Waals surface area contributed by atoms with E-state index in [4.69, 9.17) is 9.84 Å². The average molecular weight is 198 g/mol. The summed E-state index contributed by atoms with van der Waals surface area (Å²) in [5, 5.41) is 12.7. The van der Waals surface area contributed by atoms with Crippen molar-refractivity contribution in [1.29, 1.82) is 0 Å². The van der Waals surface area contributed by atoms with Gasteiger partial charge in [0.05, 0.1) is 0 Å². The highest BCUT2D eigenvalue weighted by Gasteiger charge is 2.15. The molecular weight excluding hydrogens is 184 g/mol. The molecule has 0 saturated heterocycles. The Hall–Kier alpha value is -1.36. The van der Waals surface area contributed by atoms with Gasteiger partial charge in [-0.1, -0.05) is 0 Å². The van der Waals surface area contributed by atoms with E-state index in [0.29, 0.717) is 6.42 Å². The summed E-state index contributed by atoms with van der Waals surface area (Å²) in [6, 6.07) is 1.84. The van der Waals surface area contributed by atoms with Crippen molar-refractivity contribution in [3.63, 3.8) is 0 Å². The standard InChI is InChI=1S/C9H14N2O3/c1-14-8(9(12)13)4-2-6-11-7-3-5-10-11/h3,5,7-8H,2,4,6H2,1H3,(H,12,13). The smallest absolute Gasteiger partial charge is 0.332 e. The molecular formula is C9H14N2O3. The minimum atomic E-state index is -0.909. The molecule has 78 valence electrons. The fourth-order valence-corrected chi connectivity index (χ4v) is 1.21. The van der Waals surface area contributed by atoms with Crippen molar-refractivity contribution in [3.8, 4) is 0 Å². The van der Waals surface area contributed by atoms with E-state index in [-0.39, 0.29) is 0 Å². The SMILES string of the molecule is COC(CCCn1cccn1)C(=O)O. The highest BCUT2D eigenvalue weighted by atomic mass is 16.5. The molecule has 1 unspecified atom stereocenters. The van der Waals surface area contributed by atoms with E-state index in [2.05, 4.69) is 5.10 Å². The summed E-state index contributed by atoms with van der Waals surface area (Å²) in [6.07, 6.45) is 4.09. The molecule has 0 bridgehead atoms. The summed E-state index contributed by atoms with van der Waals surface area (Å²) in [6.45, 7) is 0.722. The number of aryl methyl sites for hydroxylation is 1. The van der Waals surface area contributed by atoms with Crippen LogP contribution in [0.3, 0.4) is 0 Å². The molecule has 1 aromatic rings. The van der Waals surface area contributed by atoms with Crippen LogP contribution in [0, 0.1) is 0 Å². The molecule has 0 aliphatic carbocycles. The predicted octanol–water partition coefficient (Wildman–Crippen LogP) is 0.763. The van der Waals surface area contributed by atoms with Crippen LogP contribution in [0.4, 0.5) is 0 Å². The van der Waals surface area contributed by atoms with Gasteiger partial charge in [0.25, 0.3) is 0 Å². The van der Waals surface area contributed by atoms with Gasteiger partial charge in [-0.25, -0.2) is 4.79 Å². The Labute approximate surface area is 82.3 Å². The largest absolute Gasteiger partial charge is 0.479 e. The first-order chi connectivity index (χ1) is 6.74. The zero-order valence-electron chi connectivity index (χ0n) is 8.09. The van der Waals surface area contributed by atoms with Crippen molar-refractivity contribution in [2.45, 2.75) is 25.5 Å². The Balaban J connectivity index is 2.23. The van der Waals surface area contributed by atoms with Crippen molar-refractivity contribution in [3.05, 3.63) is 18.5 Å². The zero-order chi connectivity index (χ0) is 10.4. The van der Waals surface area contributed by atoms with Gasteiger partial charge in [-0.15, -0.1) is 0 Å². The lowest BCUT2D eigenvalue weighted by Crippen LogP contribution is -2.22. The van der Waals surface area contributed by atoms with Crippen molar-refractivity contribution in [1.82, 2.24) is 9.78 Å². The van der Waals surface area contributed by atoms with Gasteiger partial charge < -0.3 is 9.84 Å². The number of carboxylic acid groups (broad SMARTS) is 1. The lowest BCUT2D eigenvalue weighted by molar-refractivity contribution is -0.148. The Morgan fingerprint density at radius 3 is 3.00 bits per heavy atom. The first-order valence-corrected chi connectivity index (χ1v) is 4.47. The Morgan fingerprint density at radius 2 is 2.50 bits per heavy atom. The van der Waals surface area contributed by atoms with Crippen LogP contribution in [0.1, 0.15) is 12.8 Å². The normalized spacial score (nSPS) is 12.6.